The number of nitrogens with zero attached hydrogens (tertiary/aromatic N) is 1. The zero-order chi connectivity index (χ0) is 13.3. The van der Waals surface area contributed by atoms with Crippen molar-refractivity contribution in [2.45, 2.75) is 13.5 Å². The van der Waals surface area contributed by atoms with Gasteiger partial charge in [0, 0.05) is 18.3 Å². The predicted molar refractivity (Wildman–Crippen MR) is 63.8 cm³/mol. The van der Waals surface area contributed by atoms with E-state index >= 15 is 0 Å². The molecule has 0 aliphatic carbocycles. The summed E-state index contributed by atoms with van der Waals surface area (Å²) in [7, 11) is 1.72. The van der Waals surface area contributed by atoms with Crippen LogP contribution >= 0.6 is 0 Å². The molecule has 6 heteroatoms. The molecule has 0 saturated heterocycles. The van der Waals surface area contributed by atoms with Crippen LogP contribution < -0.4 is 10.9 Å². The Hall–Kier alpha value is -1.95. The van der Waals surface area contributed by atoms with Crippen molar-refractivity contribution in [2.24, 2.45) is 0 Å². The van der Waals surface area contributed by atoms with Crippen molar-refractivity contribution in [1.82, 2.24) is 15.1 Å². The number of halogens is 2. The van der Waals surface area contributed by atoms with E-state index in [-0.39, 0.29) is 11.2 Å². The molecule has 0 aliphatic heterocycles. The molecule has 1 heterocycles. The van der Waals surface area contributed by atoms with Crippen LogP contribution in [-0.4, -0.2) is 16.8 Å². The average molecular weight is 253 g/mol. The van der Waals surface area contributed by atoms with Crippen LogP contribution in [0.3, 0.4) is 0 Å². The standard InChI is InChI=1S/C12H13F2N3O/c1-7-9(6-15-2)12(18)16-17(7)11-4-3-8(13)5-10(11)14/h3-5,15H,6H2,1-2H3,(H,16,18). The van der Waals surface area contributed by atoms with Crippen LogP contribution in [0.15, 0.2) is 23.0 Å². The molecule has 0 spiro atoms. The van der Waals surface area contributed by atoms with E-state index in [0.717, 1.165) is 12.1 Å². The van der Waals surface area contributed by atoms with Crippen LogP contribution in [0.2, 0.25) is 0 Å². The summed E-state index contributed by atoms with van der Waals surface area (Å²) in [5.41, 5.74) is 0.958. The van der Waals surface area contributed by atoms with Gasteiger partial charge in [-0.3, -0.25) is 14.6 Å². The van der Waals surface area contributed by atoms with Gasteiger partial charge in [-0.1, -0.05) is 0 Å². The Morgan fingerprint density at radius 1 is 1.39 bits per heavy atom. The van der Waals surface area contributed by atoms with Crippen LogP contribution in [-0.2, 0) is 6.54 Å². The van der Waals surface area contributed by atoms with Gasteiger partial charge in [-0.2, -0.15) is 0 Å². The number of benzene rings is 1. The highest BCUT2D eigenvalue weighted by Crippen LogP contribution is 2.16. The van der Waals surface area contributed by atoms with Gasteiger partial charge < -0.3 is 5.32 Å². The van der Waals surface area contributed by atoms with E-state index in [1.54, 1.807) is 14.0 Å². The lowest BCUT2D eigenvalue weighted by Crippen LogP contribution is -2.14. The van der Waals surface area contributed by atoms with Gasteiger partial charge in [0.25, 0.3) is 5.56 Å². The minimum atomic E-state index is -0.722. The molecule has 0 fully saturated rings. The Morgan fingerprint density at radius 3 is 2.72 bits per heavy atom. The third-order valence-corrected chi connectivity index (χ3v) is 2.76. The fraction of sp³-hybridized carbons (Fsp3) is 0.250. The van der Waals surface area contributed by atoms with E-state index in [1.165, 1.54) is 10.7 Å². The minimum Gasteiger partial charge on any atom is -0.315 e. The molecule has 18 heavy (non-hydrogen) atoms. The zero-order valence-corrected chi connectivity index (χ0v) is 10.1. The first kappa shape index (κ1) is 12.5. The highest BCUT2D eigenvalue weighted by atomic mass is 19.1. The first-order valence-corrected chi connectivity index (χ1v) is 5.45. The van der Waals surface area contributed by atoms with Crippen molar-refractivity contribution in [3.63, 3.8) is 0 Å². The highest BCUT2D eigenvalue weighted by Gasteiger charge is 2.14. The summed E-state index contributed by atoms with van der Waals surface area (Å²) in [6.45, 7) is 2.09. The van der Waals surface area contributed by atoms with E-state index in [9.17, 15) is 13.6 Å². The monoisotopic (exact) mass is 253 g/mol. The van der Waals surface area contributed by atoms with Crippen molar-refractivity contribution < 1.29 is 8.78 Å². The van der Waals surface area contributed by atoms with E-state index in [1.807, 2.05) is 0 Å². The lowest BCUT2D eigenvalue weighted by atomic mass is 10.2. The number of nitrogens with one attached hydrogen (secondary N) is 2. The number of hydrogen-bond donors (Lipinski definition) is 2. The summed E-state index contributed by atoms with van der Waals surface area (Å²) in [5.74, 6) is -1.38. The molecule has 1 aromatic carbocycles. The predicted octanol–water partition coefficient (Wildman–Crippen LogP) is 1.47. The lowest BCUT2D eigenvalue weighted by Gasteiger charge is -2.07. The largest absolute Gasteiger partial charge is 0.315 e. The molecule has 0 radical (unpaired) electrons. The number of H-pyrrole nitrogens is 1. The molecule has 0 atom stereocenters. The third kappa shape index (κ3) is 2.06. The number of aromatic amines is 1. The summed E-state index contributed by atoms with van der Waals surface area (Å²) in [6.07, 6.45) is 0. The molecule has 2 rings (SSSR count). The van der Waals surface area contributed by atoms with Crippen LogP contribution in [0.1, 0.15) is 11.3 Å². The van der Waals surface area contributed by atoms with Gasteiger partial charge in [-0.25, -0.2) is 8.78 Å². The summed E-state index contributed by atoms with van der Waals surface area (Å²) in [6, 6.07) is 3.22. The number of hydrogen-bond acceptors (Lipinski definition) is 2. The maximum atomic E-state index is 13.6. The number of aromatic nitrogens is 2. The van der Waals surface area contributed by atoms with Crippen molar-refractivity contribution in [3.05, 3.63) is 51.4 Å². The molecule has 0 bridgehead atoms. The van der Waals surface area contributed by atoms with Crippen molar-refractivity contribution in [3.8, 4) is 5.69 Å². The van der Waals surface area contributed by atoms with Gasteiger partial charge >= 0.3 is 0 Å². The molecule has 96 valence electrons. The molecule has 0 amide bonds. The van der Waals surface area contributed by atoms with E-state index in [4.69, 9.17) is 0 Å². The lowest BCUT2D eigenvalue weighted by molar-refractivity contribution is 0.572. The maximum Gasteiger partial charge on any atom is 0.269 e. The molecule has 0 aliphatic rings. The SMILES string of the molecule is CNCc1c(C)n(-c2ccc(F)cc2F)[nH]c1=O. The molecule has 4 nitrogen and oxygen atoms in total. The molecule has 2 N–H and O–H groups in total. The van der Waals surface area contributed by atoms with Gasteiger partial charge in [0.1, 0.15) is 5.82 Å². The molecule has 1 aromatic heterocycles. The molecular weight excluding hydrogens is 240 g/mol. The average Bonchev–Trinajstić information content (AvgIpc) is 2.58. The third-order valence-electron chi connectivity index (χ3n) is 2.76. The molecule has 2 aromatic rings. The Labute approximate surface area is 102 Å². The zero-order valence-electron chi connectivity index (χ0n) is 10.1. The van der Waals surface area contributed by atoms with Gasteiger partial charge in [0.15, 0.2) is 5.82 Å². The Kier molecular flexibility index (Phi) is 3.29. The second-order valence-electron chi connectivity index (χ2n) is 3.97. The topological polar surface area (TPSA) is 49.8 Å². The summed E-state index contributed by atoms with van der Waals surface area (Å²) >= 11 is 0. The van der Waals surface area contributed by atoms with Crippen LogP contribution in [0, 0.1) is 18.6 Å². The number of rotatable bonds is 3. The fourth-order valence-corrected chi connectivity index (χ4v) is 1.84. The first-order chi connectivity index (χ1) is 8.54. The Bertz CT molecular complexity index is 631. The second kappa shape index (κ2) is 4.73. The quantitative estimate of drug-likeness (QED) is 0.870. The van der Waals surface area contributed by atoms with Crippen LogP contribution in [0.25, 0.3) is 5.69 Å². The van der Waals surface area contributed by atoms with E-state index in [0.29, 0.717) is 17.8 Å². The van der Waals surface area contributed by atoms with Crippen molar-refractivity contribution in [1.29, 1.82) is 0 Å². The summed E-state index contributed by atoms with van der Waals surface area (Å²) in [5, 5.41) is 5.40. The molecular formula is C12H13F2N3O. The van der Waals surface area contributed by atoms with Crippen molar-refractivity contribution >= 4 is 0 Å². The van der Waals surface area contributed by atoms with Crippen molar-refractivity contribution in [2.75, 3.05) is 7.05 Å². The highest BCUT2D eigenvalue weighted by molar-refractivity contribution is 5.36. The van der Waals surface area contributed by atoms with Crippen LogP contribution in [0.4, 0.5) is 8.78 Å². The van der Waals surface area contributed by atoms with Gasteiger partial charge in [0.2, 0.25) is 0 Å². The second-order valence-corrected chi connectivity index (χ2v) is 3.97. The Balaban J connectivity index is 2.58. The summed E-state index contributed by atoms with van der Waals surface area (Å²) in [4.78, 5) is 11.7. The summed E-state index contributed by atoms with van der Waals surface area (Å²) < 4.78 is 27.8. The van der Waals surface area contributed by atoms with Crippen LogP contribution in [0.5, 0.6) is 0 Å². The van der Waals surface area contributed by atoms with Gasteiger partial charge in [0.05, 0.1) is 11.3 Å². The molecule has 0 unspecified atom stereocenters. The normalized spacial score (nSPS) is 10.9. The smallest absolute Gasteiger partial charge is 0.269 e. The minimum absolute atomic E-state index is 0.119. The molecule has 0 saturated carbocycles. The van der Waals surface area contributed by atoms with Gasteiger partial charge in [-0.15, -0.1) is 0 Å². The van der Waals surface area contributed by atoms with Gasteiger partial charge in [-0.05, 0) is 26.1 Å². The Morgan fingerprint density at radius 2 is 2.11 bits per heavy atom. The maximum absolute atomic E-state index is 13.6. The van der Waals surface area contributed by atoms with E-state index < -0.39 is 11.6 Å². The fourth-order valence-electron chi connectivity index (χ4n) is 1.84. The van der Waals surface area contributed by atoms with E-state index in [2.05, 4.69) is 10.4 Å². The first-order valence-electron chi connectivity index (χ1n) is 5.45.